The second kappa shape index (κ2) is 54.4. The molecule has 0 heterocycles. The van der Waals surface area contributed by atoms with Gasteiger partial charge in [0.2, 0.25) is 0 Å². The summed E-state index contributed by atoms with van der Waals surface area (Å²) in [6.07, 6.45) is 19.6. The summed E-state index contributed by atoms with van der Waals surface area (Å²) in [4.78, 5) is 68.1. The van der Waals surface area contributed by atoms with E-state index < -0.39 is 6.04 Å². The highest BCUT2D eigenvalue weighted by Gasteiger charge is 2.28. The maximum atomic E-state index is 11.7. The number of nitrogens with two attached hydrogens (primary N) is 1. The summed E-state index contributed by atoms with van der Waals surface area (Å²) >= 11 is 0. The maximum absolute atomic E-state index is 11.7. The molecule has 4 unspecified atom stereocenters. The predicted molar refractivity (Wildman–Crippen MR) is 415 cm³/mol. The molecule has 2 rings (SSSR count). The van der Waals surface area contributed by atoms with Gasteiger partial charge in [0.05, 0.1) is 56.4 Å². The number of ether oxygens (including phenoxy) is 7. The van der Waals surface area contributed by atoms with Gasteiger partial charge < -0.3 is 38.9 Å². The van der Waals surface area contributed by atoms with Gasteiger partial charge in [-0.25, -0.2) is 4.79 Å². The van der Waals surface area contributed by atoms with Crippen LogP contribution in [0.1, 0.15) is 371 Å². The van der Waals surface area contributed by atoms with E-state index in [1.807, 2.05) is 69.2 Å². The van der Waals surface area contributed by atoms with Crippen molar-refractivity contribution in [3.8, 4) is 0 Å². The van der Waals surface area contributed by atoms with Crippen molar-refractivity contribution in [2.24, 2.45) is 84.6 Å². The molecule has 98 heavy (non-hydrogen) atoms. The van der Waals surface area contributed by atoms with Crippen molar-refractivity contribution in [1.82, 2.24) is 0 Å². The molecule has 4 atom stereocenters. The first-order chi connectivity index (χ1) is 44.1. The zero-order chi connectivity index (χ0) is 78.3. The number of hydrogen-bond donors (Lipinski definition) is 1. The largest absolute Gasteiger partial charge is 0.466 e. The molecule has 14 heteroatoms. The van der Waals surface area contributed by atoms with Gasteiger partial charge in [-0.15, -0.1) is 0 Å². The van der Waals surface area contributed by atoms with Crippen molar-refractivity contribution in [3.05, 3.63) is 0 Å². The molecule has 2 N–H and O–H groups in total. The molecule has 588 valence electrons. The third-order valence-electron chi connectivity index (χ3n) is 16.3. The summed E-state index contributed by atoms with van der Waals surface area (Å²) in [7, 11) is 0. The molecule has 0 aromatic rings. The quantitative estimate of drug-likeness (QED) is 0.0515. The van der Waals surface area contributed by atoms with Gasteiger partial charge in [-0.1, -0.05) is 274 Å². The number of hydrogen-bond acceptors (Lipinski definition) is 14. The Morgan fingerprint density at radius 1 is 0.429 bits per heavy atom. The fraction of sp³-hybridized carbons (Fsp3) is 0.929. The van der Waals surface area contributed by atoms with Crippen LogP contribution in [0.2, 0.25) is 0 Å². The topological polar surface area (TPSA) is 193 Å². The van der Waals surface area contributed by atoms with Crippen molar-refractivity contribution >= 4 is 35.8 Å². The maximum Gasteiger partial charge on any atom is 0.332 e. The van der Waals surface area contributed by atoms with Gasteiger partial charge >= 0.3 is 35.8 Å². The van der Waals surface area contributed by atoms with Crippen LogP contribution in [-0.2, 0) is 61.9 Å². The molecule has 2 saturated carbocycles. The molecular weight excluding hydrogens is 1230 g/mol. The minimum absolute atomic E-state index is 0.0231. The zero-order valence-corrected chi connectivity index (χ0v) is 71.8. The average Bonchev–Trinajstić information content (AvgIpc) is 1.70. The lowest BCUT2D eigenvalue weighted by Crippen LogP contribution is -2.37. The van der Waals surface area contributed by atoms with Crippen LogP contribution in [-0.4, -0.2) is 93.7 Å². The summed E-state index contributed by atoms with van der Waals surface area (Å²) in [5.41, 5.74) is 8.07. The van der Waals surface area contributed by atoms with E-state index in [4.69, 9.17) is 38.9 Å². The Hall–Kier alpha value is -3.26. The van der Waals surface area contributed by atoms with Gasteiger partial charge in [0.25, 0.3) is 0 Å². The SMILES string of the molecule is CC(C)(C)CCCOC(=O)C1CCCC1.CC(C)C(C)(C)C.CC(C)C(N)C(=O)OCCCC(C)(C)C.CC(CC(C)(C)C)OC(=O)C(C)C.CC(CC(C)(C)C)OC(=O)C1CCCC1.CCC(C)(C)C.CCC(C)CC(=O)OCCC(C)(C)C.CCCOCC(=O)OCC(C)(C)C. The Balaban J connectivity index is -0.000000250. The lowest BCUT2D eigenvalue weighted by molar-refractivity contribution is -0.154. The minimum Gasteiger partial charge on any atom is -0.466 e. The molecule has 2 fully saturated rings. The van der Waals surface area contributed by atoms with Crippen LogP contribution in [0.4, 0.5) is 0 Å². The van der Waals surface area contributed by atoms with Crippen LogP contribution >= 0.6 is 0 Å². The van der Waals surface area contributed by atoms with Crippen molar-refractivity contribution in [3.63, 3.8) is 0 Å². The molecule has 2 aliphatic carbocycles. The Kier molecular flexibility index (Phi) is 58.7. The number of carbonyl (C=O) groups excluding carboxylic acids is 6. The zero-order valence-electron chi connectivity index (χ0n) is 71.8. The van der Waals surface area contributed by atoms with E-state index in [0.29, 0.717) is 67.0 Å². The van der Waals surface area contributed by atoms with Crippen molar-refractivity contribution < 1.29 is 61.9 Å². The second-order valence-corrected chi connectivity index (χ2v) is 38.5. The summed E-state index contributed by atoms with van der Waals surface area (Å²) in [6.45, 7) is 79.3. The van der Waals surface area contributed by atoms with Crippen LogP contribution in [0.3, 0.4) is 0 Å². The van der Waals surface area contributed by atoms with Crippen LogP contribution in [0.5, 0.6) is 0 Å². The molecule has 0 amide bonds. The van der Waals surface area contributed by atoms with Gasteiger partial charge in [-0.3, -0.25) is 24.0 Å². The normalized spacial score (nSPS) is 15.1. The molecule has 2 aliphatic rings. The first-order valence-corrected chi connectivity index (χ1v) is 38.5. The third kappa shape index (κ3) is 81.7. The Labute approximate surface area is 608 Å². The van der Waals surface area contributed by atoms with Gasteiger partial charge in [0.15, 0.2) is 0 Å². The van der Waals surface area contributed by atoms with Gasteiger partial charge in [0, 0.05) is 13.0 Å². The molecule has 0 bridgehead atoms. The van der Waals surface area contributed by atoms with E-state index in [0.717, 1.165) is 89.4 Å². The van der Waals surface area contributed by atoms with E-state index >= 15 is 0 Å². The highest BCUT2D eigenvalue weighted by atomic mass is 16.6. The highest BCUT2D eigenvalue weighted by Crippen LogP contribution is 2.30. The van der Waals surface area contributed by atoms with E-state index in [1.54, 1.807) is 0 Å². The van der Waals surface area contributed by atoms with Crippen molar-refractivity contribution in [2.75, 3.05) is 39.6 Å². The standard InChI is InChI=1S/2C13H24O2.C12H25NO2.C12H24O2.C11H22O2.C10H20O3.C7H16.C6H14/c1-10(9-13(2,3)4)15-12(14)11-7-5-6-8-11;1-13(2,3)9-6-10-15-12(14)11-7-4-5-8-11;1-9(2)10(13)11(14)15-8-6-7-12(3,4)5;1-6-10(2)9-11(13)14-8-7-12(3,4)5;1-8(2)10(12)13-9(3)7-11(4,5)6;1-5-6-12-7-9(11)13-8-10(2,3)4;1-6(2)7(3,4)5;1-5-6(2,3)4/h10-11H,5-9H2,1-4H3;11H,4-10H2,1-3H3;9-10H,6-8,13H2,1-5H3;10H,6-9H2,1-5H3;8-9H,7H2,1-6H3;5-8H2,1-4H3;6H,1-5H3;5H2,1-4H3. The lowest BCUT2D eigenvalue weighted by atomic mass is 9.84. The first kappa shape index (κ1) is 106. The Bertz CT molecular complexity index is 1960. The number of esters is 6. The predicted octanol–water partition coefficient (Wildman–Crippen LogP) is 23.0. The van der Waals surface area contributed by atoms with Crippen LogP contribution in [0.15, 0.2) is 0 Å². The van der Waals surface area contributed by atoms with Gasteiger partial charge in [-0.05, 0) is 152 Å². The Morgan fingerprint density at radius 2 is 0.816 bits per heavy atom. The molecule has 0 aromatic carbocycles. The molecule has 0 radical (unpaired) electrons. The smallest absolute Gasteiger partial charge is 0.332 e. The van der Waals surface area contributed by atoms with Crippen LogP contribution in [0.25, 0.3) is 0 Å². The summed E-state index contributed by atoms with van der Waals surface area (Å²) < 4.78 is 36.3. The summed E-state index contributed by atoms with van der Waals surface area (Å²) in [5.74, 6) is 1.12. The Morgan fingerprint density at radius 3 is 1.14 bits per heavy atom. The van der Waals surface area contributed by atoms with E-state index in [1.165, 1.54) is 32.1 Å². The first-order valence-electron chi connectivity index (χ1n) is 38.5. The van der Waals surface area contributed by atoms with Gasteiger partial charge in [-0.2, -0.15) is 0 Å². The summed E-state index contributed by atoms with van der Waals surface area (Å²) in [5, 5.41) is 0. The summed E-state index contributed by atoms with van der Waals surface area (Å²) in [6, 6.07) is -0.486. The van der Waals surface area contributed by atoms with Gasteiger partial charge in [0.1, 0.15) is 12.6 Å². The second-order valence-electron chi connectivity index (χ2n) is 38.5. The van der Waals surface area contributed by atoms with Crippen LogP contribution < -0.4 is 5.73 Å². The minimum atomic E-state index is -0.486. The average molecular weight is 1400 g/mol. The fourth-order valence-electron chi connectivity index (χ4n) is 8.39. The molecular formula is C84H169NO13. The molecule has 0 spiro atoms. The van der Waals surface area contributed by atoms with Crippen molar-refractivity contribution in [1.29, 1.82) is 0 Å². The fourth-order valence-corrected chi connectivity index (χ4v) is 8.39. The molecule has 14 nitrogen and oxygen atoms in total. The molecule has 0 aromatic heterocycles. The van der Waals surface area contributed by atoms with E-state index in [2.05, 4.69) is 180 Å². The number of rotatable bonds is 25. The molecule has 0 saturated heterocycles. The lowest BCUT2D eigenvalue weighted by Gasteiger charge is -2.24. The number of carbonyl (C=O) groups is 6. The van der Waals surface area contributed by atoms with Crippen LogP contribution in [0, 0.1) is 78.8 Å². The highest BCUT2D eigenvalue weighted by molar-refractivity contribution is 5.76. The molecule has 0 aliphatic heterocycles. The van der Waals surface area contributed by atoms with E-state index in [-0.39, 0.29) is 100.0 Å². The third-order valence-corrected chi connectivity index (χ3v) is 16.3. The van der Waals surface area contributed by atoms with E-state index in [9.17, 15) is 28.8 Å². The monoisotopic (exact) mass is 1400 g/mol. The van der Waals surface area contributed by atoms with Crippen molar-refractivity contribution in [2.45, 2.75) is 389 Å².